The minimum atomic E-state index is -0.488. The van der Waals surface area contributed by atoms with Gasteiger partial charge >= 0.3 is 0 Å². The third-order valence-corrected chi connectivity index (χ3v) is 6.18. The van der Waals surface area contributed by atoms with Crippen LogP contribution in [-0.2, 0) is 4.79 Å². The summed E-state index contributed by atoms with van der Waals surface area (Å²) in [6, 6.07) is 6.73. The molecule has 0 unspecified atom stereocenters. The van der Waals surface area contributed by atoms with Crippen molar-refractivity contribution in [1.29, 1.82) is 0 Å². The first-order valence-electron chi connectivity index (χ1n) is 7.20. The molecule has 2 rings (SSSR count). The van der Waals surface area contributed by atoms with Gasteiger partial charge in [-0.15, -0.1) is 10.2 Å². The molecule has 0 spiro atoms. The number of para-hydroxylation sites is 1. The molecule has 1 aromatic carbocycles. The number of methoxy groups -OCH3 is 1. The second kappa shape index (κ2) is 9.59. The van der Waals surface area contributed by atoms with Crippen LogP contribution in [0.4, 0.5) is 0 Å². The Labute approximate surface area is 158 Å². The molecule has 0 aliphatic rings. The summed E-state index contributed by atoms with van der Waals surface area (Å²) in [7, 11) is 1.47. The topological polar surface area (TPSA) is 81.2 Å². The maximum Gasteiger partial charge on any atom is 0.261 e. The second-order valence-electron chi connectivity index (χ2n) is 4.95. The number of carbonyl (C=O) groups is 2. The molecule has 0 saturated heterocycles. The zero-order valence-electron chi connectivity index (χ0n) is 13.8. The lowest BCUT2D eigenvalue weighted by Gasteiger charge is -2.07. The van der Waals surface area contributed by atoms with Gasteiger partial charge < -0.3 is 4.74 Å². The molecule has 0 radical (unpaired) electrons. The van der Waals surface area contributed by atoms with E-state index in [9.17, 15) is 9.59 Å². The van der Waals surface area contributed by atoms with Crippen LogP contribution in [0.25, 0.3) is 0 Å². The van der Waals surface area contributed by atoms with Crippen molar-refractivity contribution in [3.63, 3.8) is 0 Å². The third kappa shape index (κ3) is 6.18. The molecule has 6 nitrogen and oxygen atoms in total. The average molecular weight is 396 g/mol. The van der Waals surface area contributed by atoms with Crippen molar-refractivity contribution < 1.29 is 14.3 Å². The Morgan fingerprint density at radius 1 is 1.20 bits per heavy atom. The van der Waals surface area contributed by atoms with Gasteiger partial charge in [0.15, 0.2) is 8.68 Å². The zero-order chi connectivity index (χ0) is 18.2. The summed E-state index contributed by atoms with van der Waals surface area (Å²) < 4.78 is 6.63. The average Bonchev–Trinajstić information content (AvgIpc) is 3.06. The van der Waals surface area contributed by atoms with Gasteiger partial charge in [0.25, 0.3) is 5.91 Å². The lowest BCUT2D eigenvalue weighted by molar-refractivity contribution is -0.117. The minimum absolute atomic E-state index is 0.0840. The van der Waals surface area contributed by atoms with E-state index in [0.717, 1.165) is 15.7 Å². The summed E-state index contributed by atoms with van der Waals surface area (Å²) in [6.45, 7) is 5.79. The number of benzene rings is 1. The predicted molar refractivity (Wildman–Crippen MR) is 102 cm³/mol. The van der Waals surface area contributed by atoms with Crippen LogP contribution in [0.3, 0.4) is 0 Å². The van der Waals surface area contributed by atoms with Crippen LogP contribution < -0.4 is 10.1 Å². The molecular weight excluding hydrogens is 378 g/mol. The van der Waals surface area contributed by atoms with Gasteiger partial charge in [-0.2, -0.15) is 0 Å². The van der Waals surface area contributed by atoms with E-state index in [0.29, 0.717) is 15.7 Å². The molecule has 0 fully saturated rings. The molecule has 1 heterocycles. The maximum absolute atomic E-state index is 12.1. The van der Waals surface area contributed by atoms with E-state index in [2.05, 4.69) is 22.1 Å². The standard InChI is InChI=1S/C16H17N3O3S3/c1-10(2)8-23-15-18-19-16(25-15)24-9-13(20)17-14(21)11-6-4-5-7-12(11)22-3/h4-7H,1,8-9H2,2-3H3,(H,17,20,21). The van der Waals surface area contributed by atoms with Crippen molar-refractivity contribution in [2.24, 2.45) is 0 Å². The summed E-state index contributed by atoms with van der Waals surface area (Å²) in [5, 5.41) is 10.4. The van der Waals surface area contributed by atoms with Crippen LogP contribution in [0.15, 0.2) is 45.1 Å². The van der Waals surface area contributed by atoms with Crippen LogP contribution in [0.5, 0.6) is 5.75 Å². The molecule has 132 valence electrons. The Bertz CT molecular complexity index is 777. The first-order chi connectivity index (χ1) is 12.0. The van der Waals surface area contributed by atoms with E-state index in [1.807, 2.05) is 6.92 Å². The highest BCUT2D eigenvalue weighted by Gasteiger charge is 2.15. The summed E-state index contributed by atoms with van der Waals surface area (Å²) >= 11 is 4.22. The van der Waals surface area contributed by atoms with Gasteiger partial charge in [-0.3, -0.25) is 14.9 Å². The van der Waals surface area contributed by atoms with E-state index < -0.39 is 11.8 Å². The van der Waals surface area contributed by atoms with Crippen LogP contribution in [0, 0.1) is 0 Å². The van der Waals surface area contributed by atoms with E-state index in [-0.39, 0.29) is 5.75 Å². The van der Waals surface area contributed by atoms with Gasteiger partial charge in [0.1, 0.15) is 5.75 Å². The van der Waals surface area contributed by atoms with Gasteiger partial charge in [0.05, 0.1) is 18.4 Å². The minimum Gasteiger partial charge on any atom is -0.496 e. The maximum atomic E-state index is 12.1. The normalized spacial score (nSPS) is 10.3. The number of nitrogens with one attached hydrogen (secondary N) is 1. The molecule has 9 heteroatoms. The summed E-state index contributed by atoms with van der Waals surface area (Å²) in [5.41, 5.74) is 1.38. The molecule has 0 aliphatic carbocycles. The monoisotopic (exact) mass is 395 g/mol. The Hall–Kier alpha value is -1.84. The fourth-order valence-electron chi connectivity index (χ4n) is 1.69. The number of thioether (sulfide) groups is 2. The van der Waals surface area contributed by atoms with Crippen molar-refractivity contribution in [3.05, 3.63) is 42.0 Å². The molecule has 0 saturated carbocycles. The number of nitrogens with zero attached hydrogens (tertiary/aromatic N) is 2. The zero-order valence-corrected chi connectivity index (χ0v) is 16.2. The first kappa shape index (κ1) is 19.5. The Morgan fingerprint density at radius 3 is 2.48 bits per heavy atom. The Morgan fingerprint density at radius 2 is 1.84 bits per heavy atom. The highest BCUT2D eigenvalue weighted by molar-refractivity contribution is 8.03. The van der Waals surface area contributed by atoms with Gasteiger partial charge in [-0.25, -0.2) is 0 Å². The van der Waals surface area contributed by atoms with Crippen LogP contribution in [-0.4, -0.2) is 40.6 Å². The summed E-state index contributed by atoms with van der Waals surface area (Å²) in [6.07, 6.45) is 0. The first-order valence-corrected chi connectivity index (χ1v) is 9.99. The number of ether oxygens (including phenoxy) is 1. The Balaban J connectivity index is 1.84. The molecule has 2 amide bonds. The van der Waals surface area contributed by atoms with Gasteiger partial charge in [-0.05, 0) is 19.1 Å². The lowest BCUT2D eigenvalue weighted by atomic mass is 10.2. The van der Waals surface area contributed by atoms with E-state index in [1.54, 1.807) is 36.0 Å². The molecular formula is C16H17N3O3S3. The number of rotatable bonds is 8. The fourth-order valence-corrected chi connectivity index (χ4v) is 4.35. The smallest absolute Gasteiger partial charge is 0.261 e. The molecule has 0 bridgehead atoms. The van der Waals surface area contributed by atoms with Gasteiger partial charge in [-0.1, -0.05) is 59.1 Å². The molecule has 1 aromatic heterocycles. The highest BCUT2D eigenvalue weighted by Crippen LogP contribution is 2.29. The SMILES string of the molecule is C=C(C)CSc1nnc(SCC(=O)NC(=O)c2ccccc2OC)s1. The van der Waals surface area contributed by atoms with E-state index >= 15 is 0 Å². The number of amides is 2. The molecule has 25 heavy (non-hydrogen) atoms. The summed E-state index contributed by atoms with van der Waals surface area (Å²) in [5.74, 6) is 0.405. The molecule has 2 aromatic rings. The number of imide groups is 1. The van der Waals surface area contributed by atoms with Crippen molar-refractivity contribution in [2.45, 2.75) is 15.6 Å². The van der Waals surface area contributed by atoms with Crippen molar-refractivity contribution in [3.8, 4) is 5.75 Å². The quantitative estimate of drug-likeness (QED) is 0.543. The van der Waals surface area contributed by atoms with E-state index in [4.69, 9.17) is 4.74 Å². The highest BCUT2D eigenvalue weighted by atomic mass is 32.2. The molecule has 0 aliphatic heterocycles. The predicted octanol–water partition coefficient (Wildman–Crippen LogP) is 3.26. The Kier molecular flexibility index (Phi) is 7.48. The van der Waals surface area contributed by atoms with E-state index in [1.165, 1.54) is 30.2 Å². The second-order valence-corrected chi connectivity index (χ2v) is 8.37. The van der Waals surface area contributed by atoms with Crippen LogP contribution in [0.1, 0.15) is 17.3 Å². The van der Waals surface area contributed by atoms with Crippen LogP contribution in [0.2, 0.25) is 0 Å². The fraction of sp³-hybridized carbons (Fsp3) is 0.250. The van der Waals surface area contributed by atoms with Crippen molar-refractivity contribution in [1.82, 2.24) is 15.5 Å². The lowest BCUT2D eigenvalue weighted by Crippen LogP contribution is -2.32. The van der Waals surface area contributed by atoms with Crippen molar-refractivity contribution in [2.75, 3.05) is 18.6 Å². The van der Waals surface area contributed by atoms with Crippen LogP contribution >= 0.6 is 34.9 Å². The summed E-state index contributed by atoms with van der Waals surface area (Å²) in [4.78, 5) is 24.1. The molecule has 0 atom stereocenters. The number of hydrogen-bond donors (Lipinski definition) is 1. The number of hydrogen-bond acceptors (Lipinski definition) is 8. The number of aromatic nitrogens is 2. The number of carbonyl (C=O) groups excluding carboxylic acids is 2. The molecule has 1 N–H and O–H groups in total. The van der Waals surface area contributed by atoms with Gasteiger partial charge in [0, 0.05) is 5.75 Å². The third-order valence-electron chi connectivity index (χ3n) is 2.76. The van der Waals surface area contributed by atoms with Gasteiger partial charge in [0.2, 0.25) is 5.91 Å². The largest absolute Gasteiger partial charge is 0.496 e. The van der Waals surface area contributed by atoms with Crippen molar-refractivity contribution >= 4 is 46.7 Å².